The van der Waals surface area contributed by atoms with E-state index in [2.05, 4.69) is 4.90 Å². The van der Waals surface area contributed by atoms with E-state index in [4.69, 9.17) is 0 Å². The predicted molar refractivity (Wildman–Crippen MR) is 115 cm³/mol. The summed E-state index contributed by atoms with van der Waals surface area (Å²) in [5, 5.41) is 0. The number of likely N-dealkylation sites (tertiary alicyclic amines) is 1. The van der Waals surface area contributed by atoms with Gasteiger partial charge in [-0.2, -0.15) is 0 Å². The summed E-state index contributed by atoms with van der Waals surface area (Å²) in [5.41, 5.74) is 1.81. The number of hydrogen-bond donors (Lipinski definition) is 0. The smallest absolute Gasteiger partial charge is 0.254 e. The van der Waals surface area contributed by atoms with Crippen molar-refractivity contribution in [2.24, 2.45) is 0 Å². The van der Waals surface area contributed by atoms with Crippen LogP contribution in [-0.4, -0.2) is 71.7 Å². The molecule has 0 unspecified atom stereocenters. The van der Waals surface area contributed by atoms with Gasteiger partial charge in [0.15, 0.2) is 0 Å². The molecule has 0 atom stereocenters. The molecule has 2 aromatic carbocycles. The second kappa shape index (κ2) is 9.16. The summed E-state index contributed by atoms with van der Waals surface area (Å²) < 4.78 is 28.1. The van der Waals surface area contributed by atoms with E-state index < -0.39 is 5.82 Å². The van der Waals surface area contributed by atoms with Crippen LogP contribution in [0.5, 0.6) is 0 Å². The molecule has 0 saturated carbocycles. The molecule has 8 heteroatoms. The zero-order valence-corrected chi connectivity index (χ0v) is 17.9. The molecular formula is C24H25F2N3O3. The summed E-state index contributed by atoms with van der Waals surface area (Å²) in [7, 11) is 0. The maximum atomic E-state index is 14.8. The molecule has 0 spiro atoms. The number of halogens is 2. The predicted octanol–water partition coefficient (Wildman–Crippen LogP) is 2.85. The van der Waals surface area contributed by atoms with E-state index in [1.54, 1.807) is 24.0 Å². The van der Waals surface area contributed by atoms with Crippen LogP contribution in [0, 0.1) is 18.6 Å². The quantitative estimate of drug-likeness (QED) is 0.670. The van der Waals surface area contributed by atoms with Gasteiger partial charge in [-0.05, 0) is 42.3 Å². The molecule has 4 rings (SSSR count). The van der Waals surface area contributed by atoms with Gasteiger partial charge in [0.05, 0.1) is 0 Å². The molecule has 2 fully saturated rings. The molecule has 0 N–H and O–H groups in total. The standard InChI is InChI=1S/C24H25F2N3O3/c1-16-14-18(25)3-5-19(16)20-4-2-17(15-21(20)26)24(32)28-11-8-27(9-12-28)10-13-29-22(30)6-7-23(29)31/h2-5,14-15H,6-13H2,1H3. The molecule has 2 aliphatic rings. The highest BCUT2D eigenvalue weighted by atomic mass is 19.1. The van der Waals surface area contributed by atoms with Gasteiger partial charge in [0.25, 0.3) is 5.91 Å². The third-order valence-corrected chi connectivity index (χ3v) is 6.15. The molecule has 32 heavy (non-hydrogen) atoms. The normalized spacial score (nSPS) is 17.3. The second-order valence-corrected chi connectivity index (χ2v) is 8.23. The van der Waals surface area contributed by atoms with Gasteiger partial charge in [-0.1, -0.05) is 12.1 Å². The highest BCUT2D eigenvalue weighted by Gasteiger charge is 2.29. The Morgan fingerprint density at radius 3 is 2.16 bits per heavy atom. The fraction of sp³-hybridized carbons (Fsp3) is 0.375. The summed E-state index contributed by atoms with van der Waals surface area (Å²) in [6.07, 6.45) is 0.578. The lowest BCUT2D eigenvalue weighted by Crippen LogP contribution is -2.50. The van der Waals surface area contributed by atoms with E-state index >= 15 is 0 Å². The summed E-state index contributed by atoms with van der Waals surface area (Å²) in [6.45, 7) is 4.89. The van der Waals surface area contributed by atoms with Crippen LogP contribution in [0.15, 0.2) is 36.4 Å². The number of rotatable bonds is 5. The first-order valence-corrected chi connectivity index (χ1v) is 10.7. The van der Waals surface area contributed by atoms with Crippen LogP contribution in [0.25, 0.3) is 11.1 Å². The van der Waals surface area contributed by atoms with Gasteiger partial charge >= 0.3 is 0 Å². The van der Waals surface area contributed by atoms with Gasteiger partial charge in [0, 0.05) is 63.2 Å². The highest BCUT2D eigenvalue weighted by Crippen LogP contribution is 2.28. The molecule has 2 heterocycles. The number of amides is 3. The first-order valence-electron chi connectivity index (χ1n) is 10.7. The summed E-state index contributed by atoms with van der Waals surface area (Å²) in [4.78, 5) is 41.4. The molecule has 0 aromatic heterocycles. The van der Waals surface area contributed by atoms with E-state index in [0.29, 0.717) is 56.0 Å². The average molecular weight is 441 g/mol. The van der Waals surface area contributed by atoms with Gasteiger partial charge in [-0.3, -0.25) is 24.2 Å². The number of benzene rings is 2. The number of aryl methyl sites for hydroxylation is 1. The van der Waals surface area contributed by atoms with E-state index in [1.807, 2.05) is 0 Å². The number of carbonyl (C=O) groups excluding carboxylic acids is 3. The largest absolute Gasteiger partial charge is 0.336 e. The van der Waals surface area contributed by atoms with Crippen LogP contribution in [0.1, 0.15) is 28.8 Å². The number of carbonyl (C=O) groups is 3. The number of imide groups is 1. The maximum Gasteiger partial charge on any atom is 0.254 e. The van der Waals surface area contributed by atoms with Gasteiger partial charge in [-0.15, -0.1) is 0 Å². The minimum Gasteiger partial charge on any atom is -0.336 e. The molecule has 0 bridgehead atoms. The van der Waals surface area contributed by atoms with Crippen LogP contribution in [0.4, 0.5) is 8.78 Å². The molecule has 0 aliphatic carbocycles. The van der Waals surface area contributed by atoms with Crippen molar-refractivity contribution in [2.75, 3.05) is 39.3 Å². The lowest BCUT2D eigenvalue weighted by Gasteiger charge is -2.35. The Morgan fingerprint density at radius 1 is 0.875 bits per heavy atom. The Labute approximate surface area is 185 Å². The first-order chi connectivity index (χ1) is 15.3. The lowest BCUT2D eigenvalue weighted by molar-refractivity contribution is -0.138. The second-order valence-electron chi connectivity index (χ2n) is 8.23. The van der Waals surface area contributed by atoms with Crippen LogP contribution in [0.2, 0.25) is 0 Å². The van der Waals surface area contributed by atoms with Crippen LogP contribution < -0.4 is 0 Å². The van der Waals surface area contributed by atoms with Crippen molar-refractivity contribution in [3.8, 4) is 11.1 Å². The Hall–Kier alpha value is -3.13. The van der Waals surface area contributed by atoms with Crippen molar-refractivity contribution in [3.05, 3.63) is 59.2 Å². The zero-order valence-electron chi connectivity index (χ0n) is 17.9. The Balaban J connectivity index is 1.35. The minimum atomic E-state index is -0.524. The fourth-order valence-electron chi connectivity index (χ4n) is 4.27. The molecule has 2 aromatic rings. The van der Waals surface area contributed by atoms with Crippen molar-refractivity contribution >= 4 is 17.7 Å². The Bertz CT molecular complexity index is 1050. The van der Waals surface area contributed by atoms with Gasteiger partial charge in [-0.25, -0.2) is 8.78 Å². The summed E-state index contributed by atoms with van der Waals surface area (Å²) in [6, 6.07) is 8.56. The number of piperazine rings is 1. The van der Waals surface area contributed by atoms with Crippen molar-refractivity contribution in [1.82, 2.24) is 14.7 Å². The van der Waals surface area contributed by atoms with Crippen LogP contribution in [-0.2, 0) is 9.59 Å². The number of hydrogen-bond acceptors (Lipinski definition) is 4. The topological polar surface area (TPSA) is 60.9 Å². The van der Waals surface area contributed by atoms with Gasteiger partial charge < -0.3 is 4.90 Å². The van der Waals surface area contributed by atoms with E-state index in [1.165, 1.54) is 29.2 Å². The van der Waals surface area contributed by atoms with E-state index in [-0.39, 0.29) is 41.9 Å². The Kier molecular flexibility index (Phi) is 6.32. The zero-order chi connectivity index (χ0) is 22.8. The molecular weight excluding hydrogens is 416 g/mol. The SMILES string of the molecule is Cc1cc(F)ccc1-c1ccc(C(=O)N2CCN(CCN3C(=O)CCC3=O)CC2)cc1F. The third-order valence-electron chi connectivity index (χ3n) is 6.15. The molecule has 0 radical (unpaired) electrons. The van der Waals surface area contributed by atoms with Crippen molar-refractivity contribution in [2.45, 2.75) is 19.8 Å². The Morgan fingerprint density at radius 2 is 1.53 bits per heavy atom. The van der Waals surface area contributed by atoms with Gasteiger partial charge in [0.2, 0.25) is 11.8 Å². The van der Waals surface area contributed by atoms with Crippen molar-refractivity contribution in [1.29, 1.82) is 0 Å². The molecule has 6 nitrogen and oxygen atoms in total. The van der Waals surface area contributed by atoms with E-state index in [0.717, 1.165) is 0 Å². The number of nitrogens with zero attached hydrogens (tertiary/aromatic N) is 3. The fourth-order valence-corrected chi connectivity index (χ4v) is 4.27. The maximum absolute atomic E-state index is 14.8. The van der Waals surface area contributed by atoms with E-state index in [9.17, 15) is 23.2 Å². The van der Waals surface area contributed by atoms with Crippen molar-refractivity contribution < 1.29 is 23.2 Å². The molecule has 3 amide bonds. The van der Waals surface area contributed by atoms with Gasteiger partial charge in [0.1, 0.15) is 11.6 Å². The first kappa shape index (κ1) is 22.1. The van der Waals surface area contributed by atoms with Crippen molar-refractivity contribution in [3.63, 3.8) is 0 Å². The van der Waals surface area contributed by atoms with Crippen LogP contribution >= 0.6 is 0 Å². The lowest BCUT2D eigenvalue weighted by atomic mass is 9.98. The summed E-state index contributed by atoms with van der Waals surface area (Å²) >= 11 is 0. The highest BCUT2D eigenvalue weighted by molar-refractivity contribution is 6.01. The third kappa shape index (κ3) is 4.55. The molecule has 2 saturated heterocycles. The average Bonchev–Trinajstić information content (AvgIpc) is 3.10. The monoisotopic (exact) mass is 441 g/mol. The van der Waals surface area contributed by atoms with Crippen LogP contribution in [0.3, 0.4) is 0 Å². The summed E-state index contributed by atoms with van der Waals surface area (Å²) in [5.74, 6) is -1.38. The molecule has 2 aliphatic heterocycles. The molecule has 168 valence electrons. The minimum absolute atomic E-state index is 0.120.